The summed E-state index contributed by atoms with van der Waals surface area (Å²) in [5.41, 5.74) is 2.01. The van der Waals surface area contributed by atoms with Crippen LogP contribution in [0.2, 0.25) is 0 Å². The molecule has 1 fully saturated rings. The Balaban J connectivity index is 0.00000576. The van der Waals surface area contributed by atoms with Crippen LogP contribution in [0.25, 0.3) is 10.8 Å². The number of hydrogen-bond donors (Lipinski definition) is 4. The zero-order chi connectivity index (χ0) is 32.0. The molecule has 0 spiro atoms. The normalized spacial score (nSPS) is 15.7. The lowest BCUT2D eigenvalue weighted by molar-refractivity contribution is -0.142. The van der Waals surface area contributed by atoms with Gasteiger partial charge in [0.2, 0.25) is 17.7 Å². The molecule has 3 amide bonds. The van der Waals surface area contributed by atoms with Crippen molar-refractivity contribution in [2.75, 3.05) is 32.8 Å². The summed E-state index contributed by atoms with van der Waals surface area (Å²) >= 11 is 0. The van der Waals surface area contributed by atoms with Crippen LogP contribution in [-0.4, -0.2) is 78.7 Å². The van der Waals surface area contributed by atoms with Crippen LogP contribution in [0.5, 0.6) is 0 Å². The van der Waals surface area contributed by atoms with E-state index in [1.54, 1.807) is 4.90 Å². The topological polar surface area (TPSA) is 120 Å². The molecule has 1 aliphatic heterocycles. The Labute approximate surface area is 278 Å². The van der Waals surface area contributed by atoms with E-state index in [9.17, 15) is 19.5 Å². The van der Waals surface area contributed by atoms with Gasteiger partial charge >= 0.3 is 0 Å². The molecule has 3 atom stereocenters. The Kier molecular flexibility index (Phi) is 15.5. The van der Waals surface area contributed by atoms with Crippen LogP contribution < -0.4 is 16.0 Å². The van der Waals surface area contributed by atoms with Gasteiger partial charge in [-0.25, -0.2) is 0 Å². The third-order valence-electron chi connectivity index (χ3n) is 8.49. The van der Waals surface area contributed by atoms with Gasteiger partial charge in [-0.2, -0.15) is 0 Å². The van der Waals surface area contributed by atoms with Gasteiger partial charge in [0.1, 0.15) is 12.1 Å². The summed E-state index contributed by atoms with van der Waals surface area (Å²) in [6.07, 6.45) is 2.24. The molecule has 0 bridgehead atoms. The van der Waals surface area contributed by atoms with Crippen molar-refractivity contribution in [3.8, 4) is 0 Å². The molecular weight excluding hydrogens is 604 g/mol. The smallest absolute Gasteiger partial charge is 0.243 e. The number of aliphatic hydroxyl groups excluding tert-OH is 1. The third-order valence-corrected chi connectivity index (χ3v) is 8.49. The van der Waals surface area contributed by atoms with Crippen LogP contribution in [0.1, 0.15) is 50.7 Å². The van der Waals surface area contributed by atoms with Crippen molar-refractivity contribution < 1.29 is 24.2 Å². The quantitative estimate of drug-likeness (QED) is 0.164. The zero-order valence-corrected chi connectivity index (χ0v) is 27.8. The molecule has 0 aromatic heterocycles. The maximum Gasteiger partial charge on any atom is 0.243 e. The fourth-order valence-electron chi connectivity index (χ4n) is 5.85. The lowest BCUT2D eigenvalue weighted by atomic mass is 10.00. The minimum atomic E-state index is -0.865. The van der Waals surface area contributed by atoms with Crippen molar-refractivity contribution in [1.29, 1.82) is 0 Å². The summed E-state index contributed by atoms with van der Waals surface area (Å²) in [6.45, 7) is 6.42. The number of fused-ring (bicyclic) bond motifs is 1. The Morgan fingerprint density at radius 2 is 1.65 bits per heavy atom. The minimum absolute atomic E-state index is 0. The van der Waals surface area contributed by atoms with E-state index < -0.39 is 18.2 Å². The van der Waals surface area contributed by atoms with Crippen molar-refractivity contribution in [2.24, 2.45) is 5.92 Å². The number of benzene rings is 3. The predicted molar refractivity (Wildman–Crippen MR) is 184 cm³/mol. The van der Waals surface area contributed by atoms with Crippen molar-refractivity contribution in [3.63, 3.8) is 0 Å². The largest absolute Gasteiger partial charge is 0.390 e. The molecular formula is C36H49ClN4O5. The molecule has 0 saturated carbocycles. The van der Waals surface area contributed by atoms with Gasteiger partial charge in [-0.15, -0.1) is 12.4 Å². The Hall–Kier alpha value is -3.50. The molecule has 1 heterocycles. The molecule has 3 aromatic rings. The van der Waals surface area contributed by atoms with E-state index in [2.05, 4.69) is 16.0 Å². The summed E-state index contributed by atoms with van der Waals surface area (Å²) in [4.78, 5) is 41.9. The summed E-state index contributed by atoms with van der Waals surface area (Å²) in [7, 11) is 0. The Bertz CT molecular complexity index is 1390. The highest BCUT2D eigenvalue weighted by Gasteiger charge is 2.37. The average molecular weight is 653 g/mol. The maximum absolute atomic E-state index is 13.6. The first kappa shape index (κ1) is 37.0. The van der Waals surface area contributed by atoms with E-state index in [-0.39, 0.29) is 55.6 Å². The van der Waals surface area contributed by atoms with Gasteiger partial charge in [-0.3, -0.25) is 14.4 Å². The second-order valence-electron chi connectivity index (χ2n) is 11.8. The summed E-state index contributed by atoms with van der Waals surface area (Å²) < 4.78 is 5.66. The zero-order valence-electron chi connectivity index (χ0n) is 27.0. The number of amides is 3. The van der Waals surface area contributed by atoms with Gasteiger partial charge in [-0.1, -0.05) is 86.6 Å². The number of aliphatic hydroxyl groups is 1. The molecule has 0 aliphatic carbocycles. The van der Waals surface area contributed by atoms with Crippen molar-refractivity contribution in [1.82, 2.24) is 20.9 Å². The van der Waals surface area contributed by atoms with Gasteiger partial charge in [0, 0.05) is 38.5 Å². The standard InChI is InChI=1S/C36H48N4O5.ClH/c1-3-28(4-2)36(44)40-19-10-15-33(40)35(43)39-32(22-27-16-17-29-13-8-9-14-30(29)21-27)34(42)38-24-31(41)23-37-18-20-45-25-26-11-6-5-7-12-26;/h5-9,11-14,16-17,21,28,31-33,37,41H,3-4,10,15,18-20,22-25H2,1-2H3,(H,38,42)(H,39,43);1H/t31?,32-,33?;/m1./s1. The lowest BCUT2D eigenvalue weighted by Gasteiger charge is -2.29. The highest BCUT2D eigenvalue weighted by Crippen LogP contribution is 2.23. The van der Waals surface area contributed by atoms with E-state index in [0.717, 1.165) is 41.2 Å². The molecule has 2 unspecified atom stereocenters. The monoisotopic (exact) mass is 652 g/mol. The summed E-state index contributed by atoms with van der Waals surface area (Å²) in [5, 5.41) is 21.6. The molecule has 1 saturated heterocycles. The van der Waals surface area contributed by atoms with Gasteiger partial charge in [0.05, 0.1) is 19.3 Å². The predicted octanol–water partition coefficient (Wildman–Crippen LogP) is 4.00. The highest BCUT2D eigenvalue weighted by atomic mass is 35.5. The number of ether oxygens (including phenoxy) is 1. The number of rotatable bonds is 17. The lowest BCUT2D eigenvalue weighted by Crippen LogP contribution is -2.55. The fraction of sp³-hybridized carbons (Fsp3) is 0.472. The van der Waals surface area contributed by atoms with Crippen molar-refractivity contribution in [3.05, 3.63) is 83.9 Å². The van der Waals surface area contributed by atoms with E-state index in [0.29, 0.717) is 32.7 Å². The maximum atomic E-state index is 13.6. The minimum Gasteiger partial charge on any atom is -0.390 e. The third kappa shape index (κ3) is 10.8. The number of carbonyl (C=O) groups excluding carboxylic acids is 3. The molecule has 46 heavy (non-hydrogen) atoms. The second-order valence-corrected chi connectivity index (χ2v) is 11.8. The van der Waals surface area contributed by atoms with Gasteiger partial charge < -0.3 is 30.7 Å². The molecule has 0 radical (unpaired) electrons. The molecule has 4 rings (SSSR count). The van der Waals surface area contributed by atoms with E-state index in [4.69, 9.17) is 4.74 Å². The first-order valence-electron chi connectivity index (χ1n) is 16.3. The van der Waals surface area contributed by atoms with Crippen LogP contribution in [0.15, 0.2) is 72.8 Å². The average Bonchev–Trinajstić information content (AvgIpc) is 3.56. The molecule has 9 nitrogen and oxygen atoms in total. The van der Waals surface area contributed by atoms with Crippen molar-refractivity contribution in [2.45, 2.75) is 70.7 Å². The first-order chi connectivity index (χ1) is 21.9. The summed E-state index contributed by atoms with van der Waals surface area (Å²) in [5.74, 6) is -0.794. The van der Waals surface area contributed by atoms with E-state index in [1.165, 1.54) is 0 Å². The highest BCUT2D eigenvalue weighted by molar-refractivity contribution is 5.93. The number of hydrogen-bond acceptors (Lipinski definition) is 6. The van der Waals surface area contributed by atoms with E-state index >= 15 is 0 Å². The molecule has 250 valence electrons. The molecule has 10 heteroatoms. The van der Waals surface area contributed by atoms with Crippen LogP contribution in [0, 0.1) is 5.92 Å². The van der Waals surface area contributed by atoms with Gasteiger partial charge in [-0.05, 0) is 47.6 Å². The van der Waals surface area contributed by atoms with Gasteiger partial charge in [0.15, 0.2) is 0 Å². The molecule has 1 aliphatic rings. The Morgan fingerprint density at radius 3 is 2.39 bits per heavy atom. The SMILES string of the molecule is CCC(CC)C(=O)N1CCCC1C(=O)N[C@H](Cc1ccc2ccccc2c1)C(=O)NCC(O)CNCCOCc1ccccc1.Cl. The molecule has 3 aromatic carbocycles. The first-order valence-corrected chi connectivity index (χ1v) is 16.3. The Morgan fingerprint density at radius 1 is 0.935 bits per heavy atom. The number of nitrogens with zero attached hydrogens (tertiary/aromatic N) is 1. The second kappa shape index (κ2) is 19.2. The number of carbonyl (C=O) groups is 3. The van der Waals surface area contributed by atoms with E-state index in [1.807, 2.05) is 86.6 Å². The van der Waals surface area contributed by atoms with Crippen LogP contribution >= 0.6 is 12.4 Å². The van der Waals surface area contributed by atoms with Crippen LogP contribution in [-0.2, 0) is 32.1 Å². The summed E-state index contributed by atoms with van der Waals surface area (Å²) in [6, 6.07) is 22.5. The van der Waals surface area contributed by atoms with Crippen LogP contribution in [0.3, 0.4) is 0 Å². The molecule has 4 N–H and O–H groups in total. The fourth-order valence-corrected chi connectivity index (χ4v) is 5.85. The number of nitrogens with one attached hydrogen (secondary N) is 3. The van der Waals surface area contributed by atoms with Crippen LogP contribution in [0.4, 0.5) is 0 Å². The number of likely N-dealkylation sites (tertiary alicyclic amines) is 1. The van der Waals surface area contributed by atoms with Gasteiger partial charge in [0.25, 0.3) is 0 Å². The van der Waals surface area contributed by atoms with Crippen molar-refractivity contribution >= 4 is 40.9 Å². The number of halogens is 1.